The Hall–Kier alpha value is -2.97. The number of piperidine rings is 1. The number of rotatable bonds is 7. The van der Waals surface area contributed by atoms with Crippen LogP contribution in [0.15, 0.2) is 41.1 Å². The Bertz CT molecular complexity index is 1230. The smallest absolute Gasteiger partial charge is 0.337 e. The molecular weight excluding hydrogens is 473 g/mol. The van der Waals surface area contributed by atoms with Gasteiger partial charge in [-0.2, -0.15) is 0 Å². The van der Waals surface area contributed by atoms with Gasteiger partial charge in [-0.25, -0.2) is 14.2 Å². The van der Waals surface area contributed by atoms with Crippen LogP contribution in [0.5, 0.6) is 0 Å². The Morgan fingerprint density at radius 3 is 2.57 bits per heavy atom. The zero-order chi connectivity index (χ0) is 24.1. The number of hydrogen-bond donors (Lipinski definition) is 1. The highest BCUT2D eigenvalue weighted by molar-refractivity contribution is 6.33. The summed E-state index contributed by atoms with van der Waals surface area (Å²) >= 11 is 6.33. The first-order chi connectivity index (χ1) is 17.0. The molecule has 3 fully saturated rings. The van der Waals surface area contributed by atoms with E-state index in [1.807, 2.05) is 0 Å². The minimum atomic E-state index is -0.977. The number of halogens is 2. The van der Waals surface area contributed by atoms with Crippen LogP contribution in [0.3, 0.4) is 0 Å². The molecule has 1 aliphatic carbocycles. The average molecular weight is 498 g/mol. The predicted octanol–water partition coefficient (Wildman–Crippen LogP) is 5.82. The molecule has 2 saturated heterocycles. The van der Waals surface area contributed by atoms with Crippen molar-refractivity contribution < 1.29 is 23.6 Å². The molecule has 0 radical (unpaired) electrons. The minimum Gasteiger partial charge on any atom is -0.478 e. The van der Waals surface area contributed by atoms with Crippen molar-refractivity contribution >= 4 is 23.4 Å². The van der Waals surface area contributed by atoms with E-state index in [0.29, 0.717) is 23.2 Å². The van der Waals surface area contributed by atoms with Crippen molar-refractivity contribution in [3.8, 4) is 11.3 Å². The molecule has 2 aromatic heterocycles. The molecule has 4 heterocycles. The van der Waals surface area contributed by atoms with Crippen LogP contribution in [0.1, 0.15) is 66.1 Å². The normalized spacial score (nSPS) is 23.6. The zero-order valence-electron chi connectivity index (χ0n) is 19.0. The lowest BCUT2D eigenvalue weighted by Crippen LogP contribution is -2.46. The van der Waals surface area contributed by atoms with Crippen molar-refractivity contribution in [2.75, 3.05) is 4.90 Å². The maximum absolute atomic E-state index is 14.7. The van der Waals surface area contributed by atoms with E-state index >= 15 is 0 Å². The number of benzene rings is 1. The molecule has 1 saturated carbocycles. The van der Waals surface area contributed by atoms with Gasteiger partial charge in [0.2, 0.25) is 0 Å². The molecule has 0 spiro atoms. The first-order valence-electron chi connectivity index (χ1n) is 12.0. The number of carboxylic acids is 1. The van der Waals surface area contributed by atoms with Crippen molar-refractivity contribution in [2.24, 2.45) is 0 Å². The summed E-state index contributed by atoms with van der Waals surface area (Å²) in [5.74, 6) is 0.491. The fourth-order valence-corrected chi connectivity index (χ4v) is 5.80. The summed E-state index contributed by atoms with van der Waals surface area (Å²) in [5.41, 5.74) is 1.66. The van der Waals surface area contributed by atoms with Gasteiger partial charge in [0.15, 0.2) is 0 Å². The van der Waals surface area contributed by atoms with Crippen LogP contribution in [0.25, 0.3) is 11.3 Å². The third-order valence-electron chi connectivity index (χ3n) is 7.38. The second-order valence-corrected chi connectivity index (χ2v) is 10.1. The topological polar surface area (TPSA) is 88.7 Å². The molecule has 0 unspecified atom stereocenters. The number of aromatic nitrogens is 2. The SMILES string of the molecule is O=C(O)c1ccc(N2[C@@H]3CC[C@H]2C[C@H](OCc2c(-c4c(F)cccc4Cl)noc2C2CC2)C3)nc1. The first-order valence-corrected chi connectivity index (χ1v) is 12.4. The molecule has 6 rings (SSSR count). The van der Waals surface area contributed by atoms with Gasteiger partial charge in [-0.1, -0.05) is 22.8 Å². The minimum absolute atomic E-state index is 0.0490. The second kappa shape index (κ2) is 8.91. The summed E-state index contributed by atoms with van der Waals surface area (Å²) < 4.78 is 26.7. The molecule has 35 heavy (non-hydrogen) atoms. The van der Waals surface area contributed by atoms with Crippen molar-refractivity contribution in [3.63, 3.8) is 0 Å². The summed E-state index contributed by atoms with van der Waals surface area (Å²) in [7, 11) is 0. The molecule has 3 atom stereocenters. The van der Waals surface area contributed by atoms with Gasteiger partial charge in [0, 0.05) is 29.8 Å². The first kappa shape index (κ1) is 22.5. The fourth-order valence-electron chi connectivity index (χ4n) is 5.55. The standard InChI is InChI=1S/C26H25ClFN3O4/c27-20-2-1-3-21(28)23(20)24-19(25(35-30-24)14-4-5-14)13-34-18-10-16-7-8-17(11-18)31(16)22-9-6-15(12-29-22)26(32)33/h1-3,6,9,12,14,16-18H,4-5,7-8,10-11,13H2,(H,32,33)/t16-,17+,18-. The van der Waals surface area contributed by atoms with Crippen LogP contribution >= 0.6 is 11.6 Å². The summed E-state index contributed by atoms with van der Waals surface area (Å²) in [4.78, 5) is 17.9. The van der Waals surface area contributed by atoms with Gasteiger partial charge in [0.1, 0.15) is 23.1 Å². The number of carboxylic acid groups (broad SMARTS) is 1. The lowest BCUT2D eigenvalue weighted by Gasteiger charge is -2.39. The Labute approximate surface area is 206 Å². The van der Waals surface area contributed by atoms with Crippen LogP contribution in [0.4, 0.5) is 10.2 Å². The number of pyridine rings is 1. The largest absolute Gasteiger partial charge is 0.478 e. The van der Waals surface area contributed by atoms with Gasteiger partial charge < -0.3 is 19.3 Å². The molecule has 3 aromatic rings. The lowest BCUT2D eigenvalue weighted by atomic mass is 9.99. The van der Waals surface area contributed by atoms with Crippen LogP contribution in [0, 0.1) is 5.82 Å². The molecule has 1 aromatic carbocycles. The monoisotopic (exact) mass is 497 g/mol. The highest BCUT2D eigenvalue weighted by Gasteiger charge is 2.42. The van der Waals surface area contributed by atoms with Crippen LogP contribution < -0.4 is 4.90 Å². The lowest BCUT2D eigenvalue weighted by molar-refractivity contribution is 0.0146. The summed E-state index contributed by atoms with van der Waals surface area (Å²) in [6, 6.07) is 8.57. The fraction of sp³-hybridized carbons (Fsp3) is 0.423. The Kier molecular flexibility index (Phi) is 5.73. The number of aromatic carboxylic acids is 1. The van der Waals surface area contributed by atoms with E-state index in [1.165, 1.54) is 12.3 Å². The Morgan fingerprint density at radius 2 is 1.94 bits per heavy atom. The van der Waals surface area contributed by atoms with Crippen LogP contribution in [-0.2, 0) is 11.3 Å². The molecular formula is C26H25ClFN3O4. The van der Waals surface area contributed by atoms with Crippen LogP contribution in [0.2, 0.25) is 5.02 Å². The highest BCUT2D eigenvalue weighted by Crippen LogP contribution is 2.46. The van der Waals surface area contributed by atoms with Gasteiger partial charge in [0.25, 0.3) is 0 Å². The van der Waals surface area contributed by atoms with Crippen molar-refractivity contribution in [1.29, 1.82) is 0 Å². The van der Waals surface area contributed by atoms with Crippen molar-refractivity contribution in [3.05, 3.63) is 64.3 Å². The summed E-state index contributed by atoms with van der Waals surface area (Å²) in [5, 5.41) is 13.7. The Balaban J connectivity index is 1.19. The van der Waals surface area contributed by atoms with E-state index in [1.54, 1.807) is 24.3 Å². The van der Waals surface area contributed by atoms with Gasteiger partial charge >= 0.3 is 5.97 Å². The van der Waals surface area contributed by atoms with Crippen molar-refractivity contribution in [2.45, 2.75) is 69.2 Å². The number of ether oxygens (including phenoxy) is 1. The van der Waals surface area contributed by atoms with E-state index in [9.17, 15) is 9.18 Å². The van der Waals surface area contributed by atoms with Gasteiger partial charge in [0.05, 0.1) is 28.9 Å². The number of carbonyl (C=O) groups is 1. The Morgan fingerprint density at radius 1 is 1.17 bits per heavy atom. The molecule has 1 N–H and O–H groups in total. The highest BCUT2D eigenvalue weighted by atomic mass is 35.5. The van der Waals surface area contributed by atoms with E-state index in [4.69, 9.17) is 26.0 Å². The molecule has 3 aliphatic rings. The molecule has 2 bridgehead atoms. The van der Waals surface area contributed by atoms with Gasteiger partial charge in [-0.15, -0.1) is 0 Å². The molecule has 9 heteroatoms. The van der Waals surface area contributed by atoms with E-state index in [2.05, 4.69) is 15.0 Å². The molecule has 2 aliphatic heterocycles. The summed E-state index contributed by atoms with van der Waals surface area (Å²) in [6.45, 7) is 0.297. The number of anilines is 1. The van der Waals surface area contributed by atoms with Crippen molar-refractivity contribution in [1.82, 2.24) is 10.1 Å². The summed E-state index contributed by atoms with van der Waals surface area (Å²) in [6.07, 6.45) is 7.31. The number of fused-ring (bicyclic) bond motifs is 2. The average Bonchev–Trinajstić information content (AvgIpc) is 3.55. The third-order valence-corrected chi connectivity index (χ3v) is 7.69. The predicted molar refractivity (Wildman–Crippen MR) is 127 cm³/mol. The number of nitrogens with zero attached hydrogens (tertiary/aromatic N) is 3. The van der Waals surface area contributed by atoms with Crippen LogP contribution in [-0.4, -0.2) is 39.4 Å². The third kappa shape index (κ3) is 4.19. The van der Waals surface area contributed by atoms with E-state index < -0.39 is 11.8 Å². The van der Waals surface area contributed by atoms with E-state index in [-0.39, 0.29) is 29.3 Å². The van der Waals surface area contributed by atoms with E-state index in [0.717, 1.165) is 55.7 Å². The maximum atomic E-state index is 14.7. The maximum Gasteiger partial charge on any atom is 0.337 e. The van der Waals surface area contributed by atoms with Gasteiger partial charge in [-0.05, 0) is 62.8 Å². The second-order valence-electron chi connectivity index (χ2n) is 9.65. The van der Waals surface area contributed by atoms with Gasteiger partial charge in [-0.3, -0.25) is 0 Å². The molecule has 0 amide bonds. The number of hydrogen-bond acceptors (Lipinski definition) is 6. The zero-order valence-corrected chi connectivity index (χ0v) is 19.7. The molecule has 182 valence electrons. The molecule has 7 nitrogen and oxygen atoms in total. The quantitative estimate of drug-likeness (QED) is 0.440.